The topological polar surface area (TPSA) is 99.1 Å². The Kier molecular flexibility index (Phi) is 5.31. The average Bonchev–Trinajstić information content (AvgIpc) is 2.37. The second kappa shape index (κ2) is 6.75. The molecule has 0 aliphatic rings. The Bertz CT molecular complexity index is 518. The minimum atomic E-state index is -0.312. The van der Waals surface area contributed by atoms with Gasteiger partial charge in [-0.15, -0.1) is 0 Å². The van der Waals surface area contributed by atoms with E-state index in [0.29, 0.717) is 32.4 Å². The molecule has 1 amide bonds. The molecule has 0 aromatic carbocycles. The number of aryl methyl sites for hydroxylation is 1. The largest absolute Gasteiger partial charge is 0.330 e. The molecule has 0 spiro atoms. The zero-order valence-electron chi connectivity index (χ0n) is 10.4. The smallest absolute Gasteiger partial charge is 0.301 e. The Morgan fingerprint density at radius 2 is 2.11 bits per heavy atom. The van der Waals surface area contributed by atoms with Crippen LogP contribution in [0.3, 0.4) is 0 Å². The third kappa shape index (κ3) is 3.56. The highest BCUT2D eigenvalue weighted by molar-refractivity contribution is 5.74. The molecule has 18 heavy (non-hydrogen) atoms. The number of nitrogens with zero attached hydrogens (tertiary/aromatic N) is 2. The fourth-order valence-corrected chi connectivity index (χ4v) is 1.63. The number of carbonyl (C=O) groups is 1. The summed E-state index contributed by atoms with van der Waals surface area (Å²) in [4.78, 5) is 34.3. The maximum atomic E-state index is 11.8. The van der Waals surface area contributed by atoms with Gasteiger partial charge in [0.2, 0.25) is 5.91 Å². The lowest BCUT2D eigenvalue weighted by molar-refractivity contribution is -0.121. The van der Waals surface area contributed by atoms with E-state index in [9.17, 15) is 14.4 Å². The fraction of sp³-hybridized carbons (Fsp3) is 0.545. The summed E-state index contributed by atoms with van der Waals surface area (Å²) >= 11 is 0. The molecule has 0 bridgehead atoms. The Hall–Kier alpha value is -1.89. The van der Waals surface area contributed by atoms with Crippen LogP contribution in [-0.2, 0) is 17.9 Å². The van der Waals surface area contributed by atoms with Gasteiger partial charge in [0.25, 0.3) is 5.56 Å². The first-order chi connectivity index (χ1) is 8.60. The Morgan fingerprint density at radius 1 is 1.39 bits per heavy atom. The SMILES string of the molecule is CCn1ccc(=O)n(CCCCC(=O)NN)c1=O. The Morgan fingerprint density at radius 3 is 2.72 bits per heavy atom. The molecule has 1 aromatic heterocycles. The second-order valence-corrected chi connectivity index (χ2v) is 3.90. The molecule has 7 heteroatoms. The molecular formula is C11H18N4O3. The lowest BCUT2D eigenvalue weighted by Crippen LogP contribution is -2.38. The molecule has 0 aliphatic heterocycles. The second-order valence-electron chi connectivity index (χ2n) is 3.90. The summed E-state index contributed by atoms with van der Waals surface area (Å²) in [6.45, 7) is 2.67. The number of aromatic nitrogens is 2. The number of carbonyl (C=O) groups excluding carboxylic acids is 1. The molecule has 1 rings (SSSR count). The van der Waals surface area contributed by atoms with Crippen molar-refractivity contribution in [2.45, 2.75) is 39.3 Å². The van der Waals surface area contributed by atoms with E-state index in [1.54, 1.807) is 0 Å². The van der Waals surface area contributed by atoms with Gasteiger partial charge in [-0.3, -0.25) is 19.6 Å². The standard InChI is InChI=1S/C11H18N4O3/c1-2-14-8-6-10(17)15(11(14)18)7-4-3-5-9(16)13-12/h6,8H,2-5,7,12H2,1H3,(H,13,16). The number of hydrogen-bond acceptors (Lipinski definition) is 4. The van der Waals surface area contributed by atoms with E-state index in [1.807, 2.05) is 12.3 Å². The molecule has 0 saturated carbocycles. The van der Waals surface area contributed by atoms with Gasteiger partial charge in [-0.2, -0.15) is 0 Å². The van der Waals surface area contributed by atoms with Crippen LogP contribution in [0, 0.1) is 0 Å². The van der Waals surface area contributed by atoms with Crippen molar-refractivity contribution in [3.05, 3.63) is 33.1 Å². The van der Waals surface area contributed by atoms with Crippen molar-refractivity contribution in [2.75, 3.05) is 0 Å². The first kappa shape index (κ1) is 14.2. The van der Waals surface area contributed by atoms with Crippen molar-refractivity contribution < 1.29 is 4.79 Å². The van der Waals surface area contributed by atoms with E-state index < -0.39 is 0 Å². The summed E-state index contributed by atoms with van der Waals surface area (Å²) in [6, 6.07) is 1.37. The van der Waals surface area contributed by atoms with Gasteiger partial charge in [0.15, 0.2) is 0 Å². The predicted molar refractivity (Wildman–Crippen MR) is 66.8 cm³/mol. The van der Waals surface area contributed by atoms with Gasteiger partial charge in [-0.25, -0.2) is 10.6 Å². The molecule has 100 valence electrons. The predicted octanol–water partition coefficient (Wildman–Crippen LogP) is -0.810. The van der Waals surface area contributed by atoms with Gasteiger partial charge >= 0.3 is 5.69 Å². The lowest BCUT2D eigenvalue weighted by atomic mass is 10.2. The average molecular weight is 254 g/mol. The van der Waals surface area contributed by atoms with E-state index in [1.165, 1.54) is 21.4 Å². The van der Waals surface area contributed by atoms with Crippen molar-refractivity contribution in [3.8, 4) is 0 Å². The highest BCUT2D eigenvalue weighted by atomic mass is 16.2. The minimum Gasteiger partial charge on any atom is -0.301 e. The molecule has 0 saturated heterocycles. The normalized spacial score (nSPS) is 10.3. The Labute approximate surface area is 104 Å². The highest BCUT2D eigenvalue weighted by Gasteiger charge is 2.04. The van der Waals surface area contributed by atoms with Crippen LogP contribution in [-0.4, -0.2) is 15.0 Å². The quantitative estimate of drug-likeness (QED) is 0.300. The monoisotopic (exact) mass is 254 g/mol. The van der Waals surface area contributed by atoms with E-state index in [0.717, 1.165) is 0 Å². The van der Waals surface area contributed by atoms with E-state index >= 15 is 0 Å². The van der Waals surface area contributed by atoms with E-state index in [-0.39, 0.29) is 17.2 Å². The summed E-state index contributed by atoms with van der Waals surface area (Å²) in [5.74, 6) is 4.69. The molecule has 0 unspecified atom stereocenters. The summed E-state index contributed by atoms with van der Waals surface area (Å²) in [6.07, 6.45) is 2.94. The number of hydrazine groups is 1. The van der Waals surface area contributed by atoms with Crippen molar-refractivity contribution in [1.29, 1.82) is 0 Å². The van der Waals surface area contributed by atoms with Crippen LogP contribution in [0.4, 0.5) is 0 Å². The van der Waals surface area contributed by atoms with Crippen molar-refractivity contribution in [1.82, 2.24) is 14.6 Å². The molecule has 7 nitrogen and oxygen atoms in total. The van der Waals surface area contributed by atoms with Gasteiger partial charge in [0.1, 0.15) is 0 Å². The van der Waals surface area contributed by atoms with Crippen LogP contribution in [0.2, 0.25) is 0 Å². The molecule has 0 fully saturated rings. The minimum absolute atomic E-state index is 0.249. The van der Waals surface area contributed by atoms with E-state index in [2.05, 4.69) is 0 Å². The number of amides is 1. The third-order valence-corrected chi connectivity index (χ3v) is 2.68. The fourth-order valence-electron chi connectivity index (χ4n) is 1.63. The first-order valence-corrected chi connectivity index (χ1v) is 5.90. The number of hydrogen-bond donors (Lipinski definition) is 2. The zero-order valence-corrected chi connectivity index (χ0v) is 10.4. The van der Waals surface area contributed by atoms with Crippen molar-refractivity contribution >= 4 is 5.91 Å². The molecule has 1 aromatic rings. The lowest BCUT2D eigenvalue weighted by Gasteiger charge is -2.07. The Balaban J connectivity index is 2.65. The van der Waals surface area contributed by atoms with Gasteiger partial charge in [0, 0.05) is 31.8 Å². The zero-order chi connectivity index (χ0) is 13.5. The van der Waals surface area contributed by atoms with Crippen molar-refractivity contribution in [3.63, 3.8) is 0 Å². The maximum Gasteiger partial charge on any atom is 0.330 e. The van der Waals surface area contributed by atoms with Gasteiger partial charge < -0.3 is 4.57 Å². The molecule has 0 aliphatic carbocycles. The first-order valence-electron chi connectivity index (χ1n) is 5.90. The third-order valence-electron chi connectivity index (χ3n) is 2.68. The van der Waals surface area contributed by atoms with Crippen LogP contribution in [0.25, 0.3) is 0 Å². The van der Waals surface area contributed by atoms with Crippen LogP contribution in [0.5, 0.6) is 0 Å². The molecule has 0 radical (unpaired) electrons. The molecule has 1 heterocycles. The highest BCUT2D eigenvalue weighted by Crippen LogP contribution is 1.96. The molecule has 0 atom stereocenters. The summed E-state index contributed by atoms with van der Waals surface area (Å²) < 4.78 is 2.65. The number of unbranched alkanes of at least 4 members (excludes halogenated alkanes) is 1. The maximum absolute atomic E-state index is 11.8. The van der Waals surface area contributed by atoms with E-state index in [4.69, 9.17) is 5.84 Å². The number of nitrogens with one attached hydrogen (secondary N) is 1. The van der Waals surface area contributed by atoms with Gasteiger partial charge in [-0.1, -0.05) is 0 Å². The summed E-state index contributed by atoms with van der Waals surface area (Å²) in [7, 11) is 0. The summed E-state index contributed by atoms with van der Waals surface area (Å²) in [5, 5.41) is 0. The summed E-state index contributed by atoms with van der Waals surface area (Å²) in [5.41, 5.74) is 1.41. The number of nitrogens with two attached hydrogens (primary N) is 1. The van der Waals surface area contributed by atoms with Gasteiger partial charge in [-0.05, 0) is 19.8 Å². The van der Waals surface area contributed by atoms with Crippen LogP contribution in [0.1, 0.15) is 26.2 Å². The van der Waals surface area contributed by atoms with Crippen LogP contribution >= 0.6 is 0 Å². The van der Waals surface area contributed by atoms with Gasteiger partial charge in [0.05, 0.1) is 0 Å². The molecule has 3 N–H and O–H groups in total. The van der Waals surface area contributed by atoms with Crippen LogP contribution in [0.15, 0.2) is 21.9 Å². The molecular weight excluding hydrogens is 236 g/mol. The van der Waals surface area contributed by atoms with Crippen LogP contribution < -0.4 is 22.5 Å². The number of rotatable bonds is 6. The van der Waals surface area contributed by atoms with Crippen molar-refractivity contribution in [2.24, 2.45) is 5.84 Å².